The second-order valence-corrected chi connectivity index (χ2v) is 7.31. The average molecular weight is 483 g/mol. The highest BCUT2D eigenvalue weighted by atomic mass is 127. The average Bonchev–Trinajstić information content (AvgIpc) is 2.59. The Morgan fingerprint density at radius 3 is 2.46 bits per heavy atom. The van der Waals surface area contributed by atoms with E-state index < -0.39 is 0 Å². The quantitative estimate of drug-likeness (QED) is 0.190. The van der Waals surface area contributed by atoms with Crippen LogP contribution in [0.5, 0.6) is 0 Å². The van der Waals surface area contributed by atoms with E-state index in [9.17, 15) is 4.79 Å². The number of amides is 1. The van der Waals surface area contributed by atoms with Crippen molar-refractivity contribution in [1.82, 2.24) is 15.5 Å². The lowest BCUT2D eigenvalue weighted by Crippen LogP contribution is -2.40. The molecule has 4 N–H and O–H groups in total. The molecule has 154 valence electrons. The molecule has 0 saturated carbocycles. The van der Waals surface area contributed by atoms with Crippen LogP contribution < -0.4 is 16.4 Å². The fourth-order valence-electron chi connectivity index (χ4n) is 2.78. The van der Waals surface area contributed by atoms with Gasteiger partial charge >= 0.3 is 0 Å². The van der Waals surface area contributed by atoms with Gasteiger partial charge in [0.15, 0.2) is 5.96 Å². The number of carbonyl (C=O) groups excluding carboxylic acids is 1. The van der Waals surface area contributed by atoms with Crippen LogP contribution in [0, 0.1) is 5.92 Å². The van der Waals surface area contributed by atoms with Crippen LogP contribution in [0.2, 0.25) is 0 Å². The van der Waals surface area contributed by atoms with Crippen LogP contribution in [0.3, 0.4) is 0 Å². The molecule has 0 aromatic rings. The standard InChI is InChI=1S/C18H37N5O2.HI/c1-5-20-17(22-14-18(2,3)25-4)21-10-6-7-11-23-12-8-15(9-13-23)16(19)24;/h15H,5-14H2,1-4H3,(H2,19,24)(H2,20,21,22);1H. The molecule has 0 radical (unpaired) electrons. The van der Waals surface area contributed by atoms with Gasteiger partial charge < -0.3 is 26.0 Å². The number of halogens is 1. The monoisotopic (exact) mass is 483 g/mol. The molecular weight excluding hydrogens is 445 g/mol. The lowest BCUT2D eigenvalue weighted by Gasteiger charge is -2.30. The largest absolute Gasteiger partial charge is 0.377 e. The van der Waals surface area contributed by atoms with Crippen LogP contribution in [0.1, 0.15) is 46.5 Å². The fraction of sp³-hybridized carbons (Fsp3) is 0.889. The smallest absolute Gasteiger partial charge is 0.220 e. The number of guanidine groups is 1. The zero-order chi connectivity index (χ0) is 18.7. The maximum Gasteiger partial charge on any atom is 0.220 e. The molecule has 1 heterocycles. The lowest BCUT2D eigenvalue weighted by atomic mass is 9.96. The number of hydrogen-bond donors (Lipinski definition) is 3. The number of hydrogen-bond acceptors (Lipinski definition) is 4. The minimum atomic E-state index is -0.251. The molecule has 0 aromatic carbocycles. The molecule has 0 bridgehead atoms. The third-order valence-electron chi connectivity index (χ3n) is 4.70. The predicted molar refractivity (Wildman–Crippen MR) is 118 cm³/mol. The number of unbranched alkanes of at least 4 members (excludes halogenated alkanes) is 1. The summed E-state index contributed by atoms with van der Waals surface area (Å²) in [5.74, 6) is 0.777. The van der Waals surface area contributed by atoms with E-state index in [1.54, 1.807) is 7.11 Å². The van der Waals surface area contributed by atoms with Crippen molar-refractivity contribution in [2.75, 3.05) is 46.4 Å². The summed E-state index contributed by atoms with van der Waals surface area (Å²) in [4.78, 5) is 18.2. The first-order valence-electron chi connectivity index (χ1n) is 9.47. The number of methoxy groups -OCH3 is 1. The Kier molecular flexibility index (Phi) is 13.2. The van der Waals surface area contributed by atoms with E-state index in [0.29, 0.717) is 6.54 Å². The van der Waals surface area contributed by atoms with E-state index in [1.807, 2.05) is 13.8 Å². The number of rotatable bonds is 10. The molecule has 0 aliphatic carbocycles. The highest BCUT2D eigenvalue weighted by molar-refractivity contribution is 14.0. The number of nitrogens with two attached hydrogens (primary N) is 1. The maximum absolute atomic E-state index is 11.2. The Hall–Kier alpha value is -0.610. The SMILES string of the molecule is CCNC(=NCC(C)(C)OC)NCCCCN1CCC(C(N)=O)CC1.I. The molecule has 0 spiro atoms. The predicted octanol–water partition coefficient (Wildman–Crippen LogP) is 1.56. The van der Waals surface area contributed by atoms with Gasteiger partial charge in [-0.15, -0.1) is 24.0 Å². The summed E-state index contributed by atoms with van der Waals surface area (Å²) in [6.45, 7) is 11.5. The van der Waals surface area contributed by atoms with Gasteiger partial charge in [-0.2, -0.15) is 0 Å². The number of likely N-dealkylation sites (tertiary alicyclic amines) is 1. The summed E-state index contributed by atoms with van der Waals surface area (Å²) in [5, 5.41) is 6.64. The van der Waals surface area contributed by atoms with E-state index in [2.05, 4.69) is 27.4 Å². The molecule has 1 rings (SSSR count). The number of piperidine rings is 1. The van der Waals surface area contributed by atoms with Gasteiger partial charge in [0, 0.05) is 26.1 Å². The van der Waals surface area contributed by atoms with Crippen molar-refractivity contribution in [2.45, 2.75) is 52.1 Å². The van der Waals surface area contributed by atoms with E-state index in [1.165, 1.54) is 0 Å². The number of ether oxygens (including phenoxy) is 1. The normalized spacial score (nSPS) is 16.8. The van der Waals surface area contributed by atoms with Crippen LogP contribution in [0.4, 0.5) is 0 Å². The highest BCUT2D eigenvalue weighted by Crippen LogP contribution is 2.16. The summed E-state index contributed by atoms with van der Waals surface area (Å²) < 4.78 is 5.40. The number of primary amides is 1. The molecule has 1 aliphatic heterocycles. The molecule has 1 saturated heterocycles. The molecule has 1 aliphatic rings. The summed E-state index contributed by atoms with van der Waals surface area (Å²) in [7, 11) is 1.71. The van der Waals surface area contributed by atoms with Crippen LogP contribution in [-0.2, 0) is 9.53 Å². The number of aliphatic imine (C=N–C) groups is 1. The second-order valence-electron chi connectivity index (χ2n) is 7.31. The topological polar surface area (TPSA) is 92.0 Å². The zero-order valence-electron chi connectivity index (χ0n) is 16.8. The van der Waals surface area contributed by atoms with Crippen molar-refractivity contribution in [3.63, 3.8) is 0 Å². The summed E-state index contributed by atoms with van der Waals surface area (Å²) >= 11 is 0. The summed E-state index contributed by atoms with van der Waals surface area (Å²) in [6, 6.07) is 0. The molecule has 8 heteroatoms. The second kappa shape index (κ2) is 13.5. The summed E-state index contributed by atoms with van der Waals surface area (Å²) in [5.41, 5.74) is 5.12. The summed E-state index contributed by atoms with van der Waals surface area (Å²) in [6.07, 6.45) is 4.03. The van der Waals surface area contributed by atoms with Crippen molar-refractivity contribution in [3.05, 3.63) is 0 Å². The Bertz CT molecular complexity index is 424. The van der Waals surface area contributed by atoms with Crippen molar-refractivity contribution in [3.8, 4) is 0 Å². The van der Waals surface area contributed by atoms with Gasteiger partial charge in [-0.25, -0.2) is 0 Å². The molecule has 0 unspecified atom stereocenters. The molecular formula is C18H38IN5O2. The van der Waals surface area contributed by atoms with Gasteiger partial charge in [0.05, 0.1) is 12.1 Å². The van der Waals surface area contributed by atoms with Gasteiger partial charge in [-0.1, -0.05) is 0 Å². The lowest BCUT2D eigenvalue weighted by molar-refractivity contribution is -0.123. The maximum atomic E-state index is 11.2. The Balaban J connectivity index is 0.00000625. The van der Waals surface area contributed by atoms with E-state index >= 15 is 0 Å². The van der Waals surface area contributed by atoms with Gasteiger partial charge in [0.2, 0.25) is 5.91 Å². The molecule has 1 fully saturated rings. The minimum Gasteiger partial charge on any atom is -0.377 e. The number of carbonyl (C=O) groups is 1. The first-order chi connectivity index (χ1) is 11.9. The number of nitrogens with zero attached hydrogens (tertiary/aromatic N) is 2. The van der Waals surface area contributed by atoms with Gasteiger partial charge in [-0.3, -0.25) is 9.79 Å². The molecule has 7 nitrogen and oxygen atoms in total. The van der Waals surface area contributed by atoms with Crippen molar-refractivity contribution in [2.24, 2.45) is 16.6 Å². The Labute approximate surface area is 175 Å². The van der Waals surface area contributed by atoms with Crippen LogP contribution in [0.25, 0.3) is 0 Å². The highest BCUT2D eigenvalue weighted by Gasteiger charge is 2.22. The van der Waals surface area contributed by atoms with E-state index in [4.69, 9.17) is 10.5 Å². The Morgan fingerprint density at radius 1 is 1.27 bits per heavy atom. The van der Waals surface area contributed by atoms with Gasteiger partial charge in [-0.05, 0) is 66.1 Å². The zero-order valence-corrected chi connectivity index (χ0v) is 19.2. The first kappa shape index (κ1) is 25.4. The Morgan fingerprint density at radius 2 is 1.92 bits per heavy atom. The van der Waals surface area contributed by atoms with Crippen LogP contribution in [-0.4, -0.2) is 68.7 Å². The minimum absolute atomic E-state index is 0. The molecule has 1 amide bonds. The third kappa shape index (κ3) is 10.5. The number of nitrogens with one attached hydrogen (secondary N) is 2. The van der Waals surface area contributed by atoms with Crippen molar-refractivity contribution >= 4 is 35.8 Å². The van der Waals surface area contributed by atoms with E-state index in [-0.39, 0.29) is 41.4 Å². The van der Waals surface area contributed by atoms with Crippen molar-refractivity contribution < 1.29 is 9.53 Å². The first-order valence-corrected chi connectivity index (χ1v) is 9.47. The van der Waals surface area contributed by atoms with Gasteiger partial charge in [0.1, 0.15) is 0 Å². The molecule has 0 aromatic heterocycles. The van der Waals surface area contributed by atoms with Crippen LogP contribution in [0.15, 0.2) is 4.99 Å². The van der Waals surface area contributed by atoms with E-state index in [0.717, 1.165) is 64.4 Å². The van der Waals surface area contributed by atoms with Gasteiger partial charge in [0.25, 0.3) is 0 Å². The fourth-order valence-corrected chi connectivity index (χ4v) is 2.78. The van der Waals surface area contributed by atoms with Crippen LogP contribution >= 0.6 is 24.0 Å². The molecule has 0 atom stereocenters. The van der Waals surface area contributed by atoms with Crippen molar-refractivity contribution in [1.29, 1.82) is 0 Å². The molecule has 26 heavy (non-hydrogen) atoms. The third-order valence-corrected chi connectivity index (χ3v) is 4.70.